The van der Waals surface area contributed by atoms with Crippen LogP contribution >= 0.6 is 11.6 Å². The smallest absolute Gasteiger partial charge is 0.0459 e. The molecule has 3 rings (SSSR count). The van der Waals surface area contributed by atoms with Gasteiger partial charge in [-0.25, -0.2) is 0 Å². The topological polar surface area (TPSA) is 15.3 Å². The molecule has 3 heteroatoms. The first-order valence-corrected chi connectivity index (χ1v) is 6.45. The SMILES string of the molecule is CC[C@H]1CNC[C@H]2Cc3ccc(Cl)cc3N12. The summed E-state index contributed by atoms with van der Waals surface area (Å²) in [6, 6.07) is 7.58. The largest absolute Gasteiger partial charge is 0.362 e. The first-order valence-electron chi connectivity index (χ1n) is 6.07. The summed E-state index contributed by atoms with van der Waals surface area (Å²) in [5.74, 6) is 0. The van der Waals surface area contributed by atoms with Crippen LogP contribution < -0.4 is 10.2 Å². The van der Waals surface area contributed by atoms with E-state index in [2.05, 4.69) is 29.3 Å². The lowest BCUT2D eigenvalue weighted by molar-refractivity contribution is 0.405. The van der Waals surface area contributed by atoms with Crippen LogP contribution in [0.3, 0.4) is 0 Å². The van der Waals surface area contributed by atoms with E-state index < -0.39 is 0 Å². The van der Waals surface area contributed by atoms with Crippen LogP contribution in [-0.2, 0) is 6.42 Å². The third kappa shape index (κ3) is 1.52. The highest BCUT2D eigenvalue weighted by molar-refractivity contribution is 6.30. The molecule has 1 fully saturated rings. The van der Waals surface area contributed by atoms with Gasteiger partial charge in [-0.15, -0.1) is 0 Å². The lowest BCUT2D eigenvalue weighted by atomic mass is 10.1. The highest BCUT2D eigenvalue weighted by Gasteiger charge is 2.35. The average molecular weight is 237 g/mol. The monoisotopic (exact) mass is 236 g/mol. The minimum Gasteiger partial charge on any atom is -0.362 e. The van der Waals surface area contributed by atoms with Crippen molar-refractivity contribution < 1.29 is 0 Å². The lowest BCUT2D eigenvalue weighted by Gasteiger charge is -2.40. The molecule has 1 aromatic rings. The van der Waals surface area contributed by atoms with Gasteiger partial charge in [0.25, 0.3) is 0 Å². The molecule has 0 aromatic heterocycles. The molecule has 2 nitrogen and oxygen atoms in total. The number of halogens is 1. The van der Waals surface area contributed by atoms with E-state index >= 15 is 0 Å². The summed E-state index contributed by atoms with van der Waals surface area (Å²) in [5.41, 5.74) is 2.82. The summed E-state index contributed by atoms with van der Waals surface area (Å²) >= 11 is 6.10. The van der Waals surface area contributed by atoms with E-state index in [-0.39, 0.29) is 0 Å². The van der Waals surface area contributed by atoms with Crippen LogP contribution in [0.1, 0.15) is 18.9 Å². The van der Waals surface area contributed by atoms with Crippen LogP contribution in [0.2, 0.25) is 5.02 Å². The molecule has 0 saturated carbocycles. The summed E-state index contributed by atoms with van der Waals surface area (Å²) in [6.45, 7) is 4.46. The van der Waals surface area contributed by atoms with Crippen LogP contribution in [0.4, 0.5) is 5.69 Å². The van der Waals surface area contributed by atoms with Gasteiger partial charge in [-0.3, -0.25) is 0 Å². The molecule has 16 heavy (non-hydrogen) atoms. The number of hydrogen-bond acceptors (Lipinski definition) is 2. The molecule has 1 aromatic carbocycles. The van der Waals surface area contributed by atoms with Crippen molar-refractivity contribution in [3.63, 3.8) is 0 Å². The zero-order valence-corrected chi connectivity index (χ0v) is 10.3. The summed E-state index contributed by atoms with van der Waals surface area (Å²) in [7, 11) is 0. The van der Waals surface area contributed by atoms with Gasteiger partial charge in [0.2, 0.25) is 0 Å². The fourth-order valence-electron chi connectivity index (χ4n) is 3.02. The highest BCUT2D eigenvalue weighted by atomic mass is 35.5. The van der Waals surface area contributed by atoms with Gasteiger partial charge in [-0.05, 0) is 30.5 Å². The summed E-state index contributed by atoms with van der Waals surface area (Å²) in [5, 5.41) is 4.39. The number of anilines is 1. The Balaban J connectivity index is 2.01. The Morgan fingerprint density at radius 2 is 2.31 bits per heavy atom. The van der Waals surface area contributed by atoms with Gasteiger partial charge in [0.05, 0.1) is 0 Å². The van der Waals surface area contributed by atoms with Crippen LogP contribution in [-0.4, -0.2) is 25.2 Å². The number of benzene rings is 1. The minimum absolute atomic E-state index is 0.624. The van der Waals surface area contributed by atoms with E-state index in [1.165, 1.54) is 17.7 Å². The summed E-state index contributed by atoms with van der Waals surface area (Å²) in [6.07, 6.45) is 2.35. The maximum atomic E-state index is 6.10. The van der Waals surface area contributed by atoms with E-state index in [9.17, 15) is 0 Å². The Morgan fingerprint density at radius 1 is 1.44 bits per heavy atom. The normalized spacial score (nSPS) is 27.8. The van der Waals surface area contributed by atoms with E-state index in [4.69, 9.17) is 11.6 Å². The molecule has 1 saturated heterocycles. The Kier molecular flexibility index (Phi) is 2.56. The number of piperazine rings is 1. The fourth-order valence-corrected chi connectivity index (χ4v) is 3.19. The summed E-state index contributed by atoms with van der Waals surface area (Å²) < 4.78 is 0. The second-order valence-electron chi connectivity index (χ2n) is 4.76. The summed E-state index contributed by atoms with van der Waals surface area (Å²) in [4.78, 5) is 2.58. The van der Waals surface area contributed by atoms with Gasteiger partial charge in [0.15, 0.2) is 0 Å². The Hall–Kier alpha value is -0.730. The fraction of sp³-hybridized carbons (Fsp3) is 0.538. The Bertz CT molecular complexity index is 399. The van der Waals surface area contributed by atoms with Crippen molar-refractivity contribution >= 4 is 17.3 Å². The van der Waals surface area contributed by atoms with Gasteiger partial charge in [0, 0.05) is 35.9 Å². The molecule has 0 bridgehead atoms. The average Bonchev–Trinajstić information content (AvgIpc) is 2.66. The standard InChI is InChI=1S/C13H17ClN2/c1-2-11-7-15-8-12-5-9-3-4-10(14)6-13(9)16(11)12/h3-4,6,11-12,15H,2,5,7-8H2,1H3/t11-,12+/m0/s1. The van der Waals surface area contributed by atoms with E-state index in [1.807, 2.05) is 6.07 Å². The van der Waals surface area contributed by atoms with Crippen LogP contribution in [0, 0.1) is 0 Å². The zero-order chi connectivity index (χ0) is 11.1. The quantitative estimate of drug-likeness (QED) is 0.806. The minimum atomic E-state index is 0.624. The molecular formula is C13H17ClN2. The Morgan fingerprint density at radius 3 is 3.12 bits per heavy atom. The third-order valence-corrected chi connectivity index (χ3v) is 4.03. The van der Waals surface area contributed by atoms with Crippen LogP contribution in [0.5, 0.6) is 0 Å². The maximum Gasteiger partial charge on any atom is 0.0459 e. The number of fused-ring (bicyclic) bond motifs is 3. The van der Waals surface area contributed by atoms with Crippen LogP contribution in [0.25, 0.3) is 0 Å². The van der Waals surface area contributed by atoms with Crippen molar-refractivity contribution in [3.8, 4) is 0 Å². The molecule has 0 amide bonds. The highest BCUT2D eigenvalue weighted by Crippen LogP contribution is 2.37. The third-order valence-electron chi connectivity index (χ3n) is 3.80. The first-order chi connectivity index (χ1) is 7.79. The van der Waals surface area contributed by atoms with Crippen molar-refractivity contribution in [3.05, 3.63) is 28.8 Å². The molecule has 0 aliphatic carbocycles. The van der Waals surface area contributed by atoms with E-state index in [1.54, 1.807) is 0 Å². The molecule has 1 N–H and O–H groups in total. The molecule has 0 spiro atoms. The molecule has 86 valence electrons. The van der Waals surface area contributed by atoms with Gasteiger partial charge in [-0.1, -0.05) is 24.6 Å². The van der Waals surface area contributed by atoms with Crippen LogP contribution in [0.15, 0.2) is 18.2 Å². The zero-order valence-electron chi connectivity index (χ0n) is 9.54. The van der Waals surface area contributed by atoms with Gasteiger partial charge in [0.1, 0.15) is 0 Å². The van der Waals surface area contributed by atoms with E-state index in [0.717, 1.165) is 24.5 Å². The number of rotatable bonds is 1. The second-order valence-corrected chi connectivity index (χ2v) is 5.20. The Labute approximate surface area is 102 Å². The first kappa shape index (κ1) is 10.4. The van der Waals surface area contributed by atoms with Crippen molar-refractivity contribution in [2.24, 2.45) is 0 Å². The van der Waals surface area contributed by atoms with Crippen molar-refractivity contribution in [2.45, 2.75) is 31.8 Å². The molecule has 2 atom stereocenters. The lowest BCUT2D eigenvalue weighted by Crippen LogP contribution is -2.55. The molecule has 2 heterocycles. The molecule has 0 unspecified atom stereocenters. The number of hydrogen-bond donors (Lipinski definition) is 1. The van der Waals surface area contributed by atoms with Crippen molar-refractivity contribution in [1.29, 1.82) is 0 Å². The molecule has 0 radical (unpaired) electrons. The van der Waals surface area contributed by atoms with E-state index in [0.29, 0.717) is 12.1 Å². The van der Waals surface area contributed by atoms with Gasteiger partial charge in [-0.2, -0.15) is 0 Å². The van der Waals surface area contributed by atoms with Gasteiger partial charge < -0.3 is 10.2 Å². The second kappa shape index (κ2) is 3.94. The molecular weight excluding hydrogens is 220 g/mol. The predicted octanol–water partition coefficient (Wildman–Crippen LogP) is 2.45. The molecule has 2 aliphatic heterocycles. The maximum absolute atomic E-state index is 6.10. The van der Waals surface area contributed by atoms with Crippen molar-refractivity contribution in [1.82, 2.24) is 5.32 Å². The molecule has 2 aliphatic rings. The van der Waals surface area contributed by atoms with Crippen molar-refractivity contribution in [2.75, 3.05) is 18.0 Å². The predicted molar refractivity (Wildman–Crippen MR) is 68.4 cm³/mol. The number of nitrogens with zero attached hydrogens (tertiary/aromatic N) is 1. The van der Waals surface area contributed by atoms with Gasteiger partial charge >= 0.3 is 0 Å². The number of nitrogens with one attached hydrogen (secondary N) is 1.